The number of Topliss-reactive ketones (excluding diaryl/α,β-unsaturated/α-hetero) is 1. The van der Waals surface area contributed by atoms with Gasteiger partial charge in [0.15, 0.2) is 5.78 Å². The summed E-state index contributed by atoms with van der Waals surface area (Å²) in [5.41, 5.74) is 1.07. The van der Waals surface area contributed by atoms with Crippen molar-refractivity contribution in [1.29, 1.82) is 0 Å². The average Bonchev–Trinajstić information content (AvgIpc) is 2.80. The third-order valence-electron chi connectivity index (χ3n) is 3.14. The Morgan fingerprint density at radius 3 is 2.80 bits per heavy atom. The molecule has 20 heavy (non-hydrogen) atoms. The van der Waals surface area contributed by atoms with Gasteiger partial charge in [0, 0.05) is 6.42 Å². The molecule has 0 spiro atoms. The van der Waals surface area contributed by atoms with E-state index in [-0.39, 0.29) is 24.7 Å². The minimum absolute atomic E-state index is 0.0233. The standard InChI is InChI=1S/C15H18O5/c1-18-15(17)8-14-13(16)7-12(20-14)10-19-9-11-5-3-2-4-6-11/h2-6,12,14H,7-10H2,1H3/t12-,14-/m1/s1. The highest BCUT2D eigenvalue weighted by Crippen LogP contribution is 2.20. The molecule has 0 saturated carbocycles. The molecule has 2 rings (SSSR count). The highest BCUT2D eigenvalue weighted by molar-refractivity contribution is 5.89. The summed E-state index contributed by atoms with van der Waals surface area (Å²) < 4.78 is 15.6. The van der Waals surface area contributed by atoms with Gasteiger partial charge >= 0.3 is 5.97 Å². The molecule has 2 atom stereocenters. The van der Waals surface area contributed by atoms with Crippen LogP contribution >= 0.6 is 0 Å². The van der Waals surface area contributed by atoms with Crippen LogP contribution in [0.15, 0.2) is 30.3 Å². The van der Waals surface area contributed by atoms with E-state index in [9.17, 15) is 9.59 Å². The van der Waals surface area contributed by atoms with Gasteiger partial charge in [0.1, 0.15) is 6.10 Å². The largest absolute Gasteiger partial charge is 0.469 e. The first-order valence-corrected chi connectivity index (χ1v) is 6.55. The van der Waals surface area contributed by atoms with Gasteiger partial charge < -0.3 is 14.2 Å². The van der Waals surface area contributed by atoms with Gasteiger partial charge in [0.2, 0.25) is 0 Å². The Morgan fingerprint density at radius 2 is 2.10 bits per heavy atom. The van der Waals surface area contributed by atoms with Crippen LogP contribution in [0, 0.1) is 0 Å². The van der Waals surface area contributed by atoms with Crippen molar-refractivity contribution in [3.63, 3.8) is 0 Å². The highest BCUT2D eigenvalue weighted by Gasteiger charge is 2.35. The number of rotatable bonds is 6. The van der Waals surface area contributed by atoms with Crippen molar-refractivity contribution in [1.82, 2.24) is 0 Å². The second kappa shape index (κ2) is 7.17. The van der Waals surface area contributed by atoms with Crippen molar-refractivity contribution in [3.05, 3.63) is 35.9 Å². The van der Waals surface area contributed by atoms with Crippen molar-refractivity contribution in [2.75, 3.05) is 13.7 Å². The van der Waals surface area contributed by atoms with Crippen LogP contribution < -0.4 is 0 Å². The summed E-state index contributed by atoms with van der Waals surface area (Å²) in [6.45, 7) is 0.828. The fourth-order valence-corrected chi connectivity index (χ4v) is 2.09. The normalized spacial score (nSPS) is 21.9. The molecule has 0 aromatic heterocycles. The van der Waals surface area contributed by atoms with Gasteiger partial charge in [-0.3, -0.25) is 9.59 Å². The van der Waals surface area contributed by atoms with E-state index in [1.165, 1.54) is 7.11 Å². The first kappa shape index (κ1) is 14.7. The summed E-state index contributed by atoms with van der Waals surface area (Å²) in [6, 6.07) is 9.78. The molecule has 1 aromatic rings. The van der Waals surface area contributed by atoms with E-state index in [1.807, 2.05) is 30.3 Å². The van der Waals surface area contributed by atoms with E-state index >= 15 is 0 Å². The fourth-order valence-electron chi connectivity index (χ4n) is 2.09. The molecule has 0 aliphatic carbocycles. The average molecular weight is 278 g/mol. The Labute approximate surface area is 117 Å². The summed E-state index contributed by atoms with van der Waals surface area (Å²) in [5, 5.41) is 0. The van der Waals surface area contributed by atoms with Crippen LogP contribution in [0.4, 0.5) is 0 Å². The predicted octanol–water partition coefficient (Wildman–Crippen LogP) is 1.49. The molecule has 0 N–H and O–H groups in total. The Balaban J connectivity index is 1.72. The topological polar surface area (TPSA) is 61.8 Å². The number of hydrogen-bond donors (Lipinski definition) is 0. The van der Waals surface area contributed by atoms with E-state index in [0.717, 1.165) is 5.56 Å². The number of hydrogen-bond acceptors (Lipinski definition) is 5. The first-order chi connectivity index (χ1) is 9.69. The molecule has 1 aliphatic heterocycles. The predicted molar refractivity (Wildman–Crippen MR) is 71.0 cm³/mol. The minimum atomic E-state index is -0.687. The quantitative estimate of drug-likeness (QED) is 0.738. The maximum atomic E-state index is 11.7. The Kier molecular flexibility index (Phi) is 5.26. The Bertz CT molecular complexity index is 457. The minimum Gasteiger partial charge on any atom is -0.469 e. The van der Waals surface area contributed by atoms with Crippen LogP contribution in [-0.2, 0) is 30.4 Å². The molecule has 0 unspecified atom stereocenters. The molecular formula is C15H18O5. The zero-order chi connectivity index (χ0) is 14.4. The summed E-state index contributed by atoms with van der Waals surface area (Å²) >= 11 is 0. The van der Waals surface area contributed by atoms with Gasteiger partial charge in [-0.1, -0.05) is 30.3 Å². The van der Waals surface area contributed by atoms with Crippen LogP contribution in [-0.4, -0.2) is 37.7 Å². The van der Waals surface area contributed by atoms with Crippen LogP contribution in [0.25, 0.3) is 0 Å². The molecule has 1 fully saturated rings. The van der Waals surface area contributed by atoms with Gasteiger partial charge in [0.05, 0.1) is 32.8 Å². The molecule has 0 amide bonds. The van der Waals surface area contributed by atoms with E-state index in [1.54, 1.807) is 0 Å². The highest BCUT2D eigenvalue weighted by atomic mass is 16.6. The van der Waals surface area contributed by atoms with E-state index < -0.39 is 12.1 Å². The molecule has 5 nitrogen and oxygen atoms in total. The number of carbonyl (C=O) groups excluding carboxylic acids is 2. The van der Waals surface area contributed by atoms with Gasteiger partial charge in [0.25, 0.3) is 0 Å². The van der Waals surface area contributed by atoms with E-state index in [0.29, 0.717) is 13.2 Å². The molecular weight excluding hydrogens is 260 g/mol. The Hall–Kier alpha value is -1.72. The number of ketones is 1. The lowest BCUT2D eigenvalue weighted by Gasteiger charge is -2.12. The van der Waals surface area contributed by atoms with Gasteiger partial charge in [-0.25, -0.2) is 0 Å². The summed E-state index contributed by atoms with van der Waals surface area (Å²) in [7, 11) is 1.29. The third kappa shape index (κ3) is 4.15. The lowest BCUT2D eigenvalue weighted by molar-refractivity contribution is -0.146. The molecule has 1 saturated heterocycles. The van der Waals surface area contributed by atoms with Crippen LogP contribution in [0.5, 0.6) is 0 Å². The lowest BCUT2D eigenvalue weighted by atomic mass is 10.1. The smallest absolute Gasteiger partial charge is 0.308 e. The van der Waals surface area contributed by atoms with Crippen molar-refractivity contribution < 1.29 is 23.8 Å². The number of benzene rings is 1. The second-order valence-electron chi connectivity index (χ2n) is 4.70. The molecule has 1 heterocycles. The Morgan fingerprint density at radius 1 is 1.35 bits per heavy atom. The molecule has 1 aromatic carbocycles. The number of methoxy groups -OCH3 is 1. The van der Waals surface area contributed by atoms with E-state index in [4.69, 9.17) is 9.47 Å². The first-order valence-electron chi connectivity index (χ1n) is 6.55. The van der Waals surface area contributed by atoms with Gasteiger partial charge in [-0.15, -0.1) is 0 Å². The third-order valence-corrected chi connectivity index (χ3v) is 3.14. The molecule has 5 heteroatoms. The summed E-state index contributed by atoms with van der Waals surface area (Å²) in [5.74, 6) is -0.502. The SMILES string of the molecule is COC(=O)C[C@H]1O[C@@H](COCc2ccccc2)CC1=O. The van der Waals surface area contributed by atoms with Crippen molar-refractivity contribution >= 4 is 11.8 Å². The van der Waals surface area contributed by atoms with Crippen molar-refractivity contribution in [2.45, 2.75) is 31.7 Å². The van der Waals surface area contributed by atoms with E-state index in [2.05, 4.69) is 4.74 Å². The second-order valence-corrected chi connectivity index (χ2v) is 4.70. The zero-order valence-corrected chi connectivity index (χ0v) is 11.4. The maximum Gasteiger partial charge on any atom is 0.308 e. The van der Waals surface area contributed by atoms with Gasteiger partial charge in [-0.05, 0) is 5.56 Å². The van der Waals surface area contributed by atoms with Crippen molar-refractivity contribution in [3.8, 4) is 0 Å². The number of carbonyl (C=O) groups is 2. The molecule has 0 bridgehead atoms. The lowest BCUT2D eigenvalue weighted by Crippen LogP contribution is -2.22. The van der Waals surface area contributed by atoms with Crippen LogP contribution in [0.1, 0.15) is 18.4 Å². The van der Waals surface area contributed by atoms with Crippen LogP contribution in [0.3, 0.4) is 0 Å². The van der Waals surface area contributed by atoms with Gasteiger partial charge in [-0.2, -0.15) is 0 Å². The monoisotopic (exact) mass is 278 g/mol. The summed E-state index contributed by atoms with van der Waals surface area (Å²) in [4.78, 5) is 22.8. The van der Waals surface area contributed by atoms with Crippen LogP contribution in [0.2, 0.25) is 0 Å². The fraction of sp³-hybridized carbons (Fsp3) is 0.467. The summed E-state index contributed by atoms with van der Waals surface area (Å²) in [6.07, 6.45) is -0.699. The molecule has 0 radical (unpaired) electrons. The number of ether oxygens (including phenoxy) is 3. The number of esters is 1. The van der Waals surface area contributed by atoms with Crippen molar-refractivity contribution in [2.24, 2.45) is 0 Å². The maximum absolute atomic E-state index is 11.7. The zero-order valence-electron chi connectivity index (χ0n) is 11.4. The molecule has 1 aliphatic rings. The molecule has 108 valence electrons.